The van der Waals surface area contributed by atoms with Crippen LogP contribution in [0.1, 0.15) is 36.2 Å². The lowest BCUT2D eigenvalue weighted by Crippen LogP contribution is -2.53. The summed E-state index contributed by atoms with van der Waals surface area (Å²) in [6, 6.07) is 4.66. The van der Waals surface area contributed by atoms with Crippen molar-refractivity contribution >= 4 is 5.91 Å². The number of H-pyrrole nitrogens is 1. The molecule has 1 saturated heterocycles. The van der Waals surface area contributed by atoms with Gasteiger partial charge in [-0.1, -0.05) is 6.07 Å². The summed E-state index contributed by atoms with van der Waals surface area (Å²) < 4.78 is 0. The molecule has 0 bridgehead atoms. The normalized spacial score (nSPS) is 27.0. The van der Waals surface area contributed by atoms with Gasteiger partial charge < -0.3 is 20.7 Å². The molecule has 120 valence electrons. The Morgan fingerprint density at radius 3 is 2.59 bits per heavy atom. The molecule has 22 heavy (non-hydrogen) atoms. The Balaban J connectivity index is 1.71. The molecule has 1 saturated carbocycles. The van der Waals surface area contributed by atoms with Crippen molar-refractivity contribution in [1.82, 2.24) is 15.6 Å². The quantitative estimate of drug-likeness (QED) is 0.641. The van der Waals surface area contributed by atoms with Crippen LogP contribution in [-0.2, 0) is 0 Å². The van der Waals surface area contributed by atoms with Crippen molar-refractivity contribution in [3.05, 3.63) is 34.2 Å². The van der Waals surface area contributed by atoms with Crippen LogP contribution >= 0.6 is 0 Å². The van der Waals surface area contributed by atoms with E-state index in [1.54, 1.807) is 12.1 Å². The molecule has 0 unspecified atom stereocenters. The molecule has 0 spiro atoms. The average molecular weight is 305 g/mol. The third-order valence-corrected chi connectivity index (χ3v) is 4.86. The van der Waals surface area contributed by atoms with Gasteiger partial charge in [-0.15, -0.1) is 0 Å². The first-order valence-corrected chi connectivity index (χ1v) is 8.02. The van der Waals surface area contributed by atoms with E-state index in [1.807, 2.05) is 0 Å². The highest BCUT2D eigenvalue weighted by molar-refractivity contribution is 5.92. The number of aromatic amines is 1. The second-order valence-corrected chi connectivity index (χ2v) is 6.40. The van der Waals surface area contributed by atoms with E-state index in [0.717, 1.165) is 38.8 Å². The van der Waals surface area contributed by atoms with E-state index in [9.17, 15) is 14.7 Å². The molecule has 0 aromatic carbocycles. The Labute approximate surface area is 129 Å². The van der Waals surface area contributed by atoms with E-state index in [1.165, 1.54) is 6.07 Å². The number of carbonyl (C=O) groups is 1. The van der Waals surface area contributed by atoms with Gasteiger partial charge in [0, 0.05) is 12.1 Å². The number of carbonyl (C=O) groups excluding carboxylic acids is 1. The second kappa shape index (κ2) is 6.62. The number of aliphatic hydroxyl groups is 1. The van der Waals surface area contributed by atoms with Crippen LogP contribution in [0.2, 0.25) is 0 Å². The molecule has 1 atom stereocenters. The van der Waals surface area contributed by atoms with Crippen molar-refractivity contribution in [2.75, 3.05) is 13.1 Å². The van der Waals surface area contributed by atoms with Crippen LogP contribution in [0.15, 0.2) is 23.0 Å². The molecule has 1 aliphatic carbocycles. The smallest absolute Gasteiger partial charge is 0.268 e. The molecule has 1 aromatic heterocycles. The summed E-state index contributed by atoms with van der Waals surface area (Å²) in [5, 5.41) is 16.0. The molecule has 1 amide bonds. The summed E-state index contributed by atoms with van der Waals surface area (Å²) in [6.45, 7) is 1.93. The van der Waals surface area contributed by atoms with Gasteiger partial charge in [0.2, 0.25) is 5.56 Å². The van der Waals surface area contributed by atoms with Gasteiger partial charge in [0.15, 0.2) is 0 Å². The molecule has 6 nitrogen and oxygen atoms in total. The SMILES string of the molecule is O=C(N[C@H](C1CCNCC1)C1CC(O)C1)c1cccc(=O)[nH]1. The third-order valence-electron chi connectivity index (χ3n) is 4.86. The first kappa shape index (κ1) is 15.2. The molecule has 4 N–H and O–H groups in total. The number of nitrogens with one attached hydrogen (secondary N) is 3. The van der Waals surface area contributed by atoms with Crippen molar-refractivity contribution in [2.24, 2.45) is 11.8 Å². The summed E-state index contributed by atoms with van der Waals surface area (Å²) in [5.74, 6) is 0.526. The van der Waals surface area contributed by atoms with Crippen molar-refractivity contribution < 1.29 is 9.90 Å². The van der Waals surface area contributed by atoms with E-state index < -0.39 is 0 Å². The van der Waals surface area contributed by atoms with Gasteiger partial charge in [0.05, 0.1) is 6.10 Å². The van der Waals surface area contributed by atoms with Crippen LogP contribution in [0.4, 0.5) is 0 Å². The summed E-state index contributed by atoms with van der Waals surface area (Å²) in [6.07, 6.45) is 3.33. The standard InChI is InChI=1S/C16H23N3O3/c20-12-8-11(9-12)15(10-4-6-17-7-5-10)19-16(22)13-2-1-3-14(21)18-13/h1-3,10-12,15,17,20H,4-9H2,(H,18,21)(H,19,22)/t11?,12?,15-/m1/s1. The zero-order valence-electron chi connectivity index (χ0n) is 12.5. The Morgan fingerprint density at radius 2 is 1.95 bits per heavy atom. The molecular formula is C16H23N3O3. The minimum Gasteiger partial charge on any atom is -0.393 e. The first-order chi connectivity index (χ1) is 10.6. The molecule has 1 aromatic rings. The minimum atomic E-state index is -0.273. The van der Waals surface area contributed by atoms with E-state index in [2.05, 4.69) is 15.6 Å². The summed E-state index contributed by atoms with van der Waals surface area (Å²) >= 11 is 0. The summed E-state index contributed by atoms with van der Waals surface area (Å²) in [4.78, 5) is 26.3. The second-order valence-electron chi connectivity index (χ2n) is 6.40. The maximum Gasteiger partial charge on any atom is 0.268 e. The maximum atomic E-state index is 12.4. The average Bonchev–Trinajstić information content (AvgIpc) is 2.50. The van der Waals surface area contributed by atoms with Gasteiger partial charge in [0.25, 0.3) is 5.91 Å². The lowest BCUT2D eigenvalue weighted by atomic mass is 9.71. The molecule has 0 radical (unpaired) electrons. The number of hydrogen-bond acceptors (Lipinski definition) is 4. The molecule has 2 heterocycles. The molecule has 2 fully saturated rings. The Kier molecular flexibility index (Phi) is 4.59. The number of rotatable bonds is 4. The zero-order valence-corrected chi connectivity index (χ0v) is 12.5. The first-order valence-electron chi connectivity index (χ1n) is 8.02. The van der Waals surface area contributed by atoms with Crippen molar-refractivity contribution in [2.45, 2.75) is 37.8 Å². The highest BCUT2D eigenvalue weighted by atomic mass is 16.3. The maximum absolute atomic E-state index is 12.4. The Hall–Kier alpha value is -1.66. The number of aromatic nitrogens is 1. The number of pyridine rings is 1. The molecular weight excluding hydrogens is 282 g/mol. The van der Waals surface area contributed by atoms with Crippen LogP contribution in [0.25, 0.3) is 0 Å². The van der Waals surface area contributed by atoms with E-state index in [4.69, 9.17) is 0 Å². The minimum absolute atomic E-state index is 0.0710. The fourth-order valence-electron chi connectivity index (χ4n) is 3.56. The number of amides is 1. The van der Waals surface area contributed by atoms with Gasteiger partial charge in [0.1, 0.15) is 5.69 Å². The predicted octanol–water partition coefficient (Wildman–Crippen LogP) is 0.244. The molecule has 1 aliphatic heterocycles. The van der Waals surface area contributed by atoms with Crippen LogP contribution in [0.5, 0.6) is 0 Å². The van der Waals surface area contributed by atoms with Gasteiger partial charge >= 0.3 is 0 Å². The van der Waals surface area contributed by atoms with E-state index in [-0.39, 0.29) is 23.6 Å². The summed E-state index contributed by atoms with van der Waals surface area (Å²) in [7, 11) is 0. The highest BCUT2D eigenvalue weighted by Gasteiger charge is 2.39. The van der Waals surface area contributed by atoms with Crippen molar-refractivity contribution in [1.29, 1.82) is 0 Å². The van der Waals surface area contributed by atoms with Crippen LogP contribution < -0.4 is 16.2 Å². The topological polar surface area (TPSA) is 94.2 Å². The number of hydrogen-bond donors (Lipinski definition) is 4. The van der Waals surface area contributed by atoms with Gasteiger partial charge in [-0.25, -0.2) is 0 Å². The van der Waals surface area contributed by atoms with Gasteiger partial charge in [-0.2, -0.15) is 0 Å². The van der Waals surface area contributed by atoms with Gasteiger partial charge in [-0.3, -0.25) is 9.59 Å². The summed E-state index contributed by atoms with van der Waals surface area (Å²) in [5.41, 5.74) is 0.0245. The van der Waals surface area contributed by atoms with E-state index in [0.29, 0.717) is 17.5 Å². The molecule has 3 rings (SSSR count). The zero-order chi connectivity index (χ0) is 15.5. The largest absolute Gasteiger partial charge is 0.393 e. The van der Waals surface area contributed by atoms with Gasteiger partial charge in [-0.05, 0) is 56.7 Å². The highest BCUT2D eigenvalue weighted by Crippen LogP contribution is 2.35. The Morgan fingerprint density at radius 1 is 1.23 bits per heavy atom. The van der Waals surface area contributed by atoms with E-state index >= 15 is 0 Å². The predicted molar refractivity (Wildman–Crippen MR) is 82.6 cm³/mol. The number of aliphatic hydroxyl groups excluding tert-OH is 1. The fourth-order valence-corrected chi connectivity index (χ4v) is 3.56. The van der Waals surface area contributed by atoms with Crippen LogP contribution in [-0.4, -0.2) is 41.2 Å². The van der Waals surface area contributed by atoms with Crippen LogP contribution in [0, 0.1) is 11.8 Å². The van der Waals surface area contributed by atoms with Crippen molar-refractivity contribution in [3.8, 4) is 0 Å². The lowest BCUT2D eigenvalue weighted by molar-refractivity contribution is 0.00913. The lowest BCUT2D eigenvalue weighted by Gasteiger charge is -2.43. The monoisotopic (exact) mass is 305 g/mol. The van der Waals surface area contributed by atoms with Crippen molar-refractivity contribution in [3.63, 3.8) is 0 Å². The molecule has 2 aliphatic rings. The van der Waals surface area contributed by atoms with Crippen LogP contribution in [0.3, 0.4) is 0 Å². The third kappa shape index (κ3) is 3.39. The molecule has 6 heteroatoms. The Bertz CT molecular complexity index is 574. The fraction of sp³-hybridized carbons (Fsp3) is 0.625. The number of piperidine rings is 1.